The zero-order valence-corrected chi connectivity index (χ0v) is 12.4. The molecular formula is C17H22N2O. The van der Waals surface area contributed by atoms with E-state index >= 15 is 0 Å². The van der Waals surface area contributed by atoms with Gasteiger partial charge in [-0.15, -0.1) is 0 Å². The van der Waals surface area contributed by atoms with E-state index in [4.69, 9.17) is 4.74 Å². The molecule has 0 radical (unpaired) electrons. The van der Waals surface area contributed by atoms with Gasteiger partial charge in [-0.1, -0.05) is 38.1 Å². The molecule has 106 valence electrons. The van der Waals surface area contributed by atoms with E-state index < -0.39 is 0 Å². The van der Waals surface area contributed by atoms with E-state index in [-0.39, 0.29) is 0 Å². The minimum Gasteiger partial charge on any atom is -0.492 e. The molecule has 0 aliphatic heterocycles. The molecule has 1 N–H and O–H groups in total. The summed E-state index contributed by atoms with van der Waals surface area (Å²) in [7, 11) is 0. The molecular weight excluding hydrogens is 248 g/mol. The van der Waals surface area contributed by atoms with Crippen molar-refractivity contribution in [1.29, 1.82) is 0 Å². The van der Waals surface area contributed by atoms with Gasteiger partial charge in [-0.2, -0.15) is 0 Å². The molecule has 20 heavy (non-hydrogen) atoms. The monoisotopic (exact) mass is 270 g/mol. The van der Waals surface area contributed by atoms with Gasteiger partial charge in [0.25, 0.3) is 0 Å². The van der Waals surface area contributed by atoms with E-state index in [1.54, 1.807) is 6.20 Å². The van der Waals surface area contributed by atoms with Crippen molar-refractivity contribution in [3.63, 3.8) is 0 Å². The maximum Gasteiger partial charge on any atom is 0.138 e. The molecule has 2 rings (SSSR count). The predicted octanol–water partition coefficient (Wildman–Crippen LogP) is 3.65. The van der Waals surface area contributed by atoms with E-state index in [1.165, 1.54) is 11.1 Å². The fraction of sp³-hybridized carbons (Fsp3) is 0.353. The number of rotatable bonds is 6. The molecule has 1 aromatic heterocycles. The van der Waals surface area contributed by atoms with Crippen molar-refractivity contribution in [2.75, 3.05) is 6.61 Å². The second kappa shape index (κ2) is 7.06. The fourth-order valence-corrected chi connectivity index (χ4v) is 2.08. The van der Waals surface area contributed by atoms with Crippen molar-refractivity contribution in [2.45, 2.75) is 33.4 Å². The lowest BCUT2D eigenvalue weighted by Crippen LogP contribution is -2.22. The molecule has 2 aromatic rings. The van der Waals surface area contributed by atoms with Crippen molar-refractivity contribution in [1.82, 2.24) is 10.3 Å². The van der Waals surface area contributed by atoms with Gasteiger partial charge in [-0.3, -0.25) is 4.98 Å². The van der Waals surface area contributed by atoms with Crippen molar-refractivity contribution in [3.8, 4) is 16.9 Å². The molecule has 0 unspecified atom stereocenters. The maximum atomic E-state index is 5.53. The zero-order valence-electron chi connectivity index (χ0n) is 12.4. The summed E-state index contributed by atoms with van der Waals surface area (Å²) in [4.78, 5) is 4.27. The minimum absolute atomic E-state index is 0.468. The van der Waals surface area contributed by atoms with Gasteiger partial charge < -0.3 is 10.1 Å². The molecule has 0 saturated heterocycles. The number of pyridine rings is 1. The molecule has 0 saturated carbocycles. The highest BCUT2D eigenvalue weighted by molar-refractivity contribution is 5.67. The summed E-state index contributed by atoms with van der Waals surface area (Å²) in [5, 5.41) is 3.46. The lowest BCUT2D eigenvalue weighted by Gasteiger charge is -2.13. The van der Waals surface area contributed by atoms with E-state index in [9.17, 15) is 0 Å². The van der Waals surface area contributed by atoms with Gasteiger partial charge in [-0.05, 0) is 24.1 Å². The Balaban J connectivity index is 2.29. The first-order chi connectivity index (χ1) is 9.70. The average molecular weight is 270 g/mol. The molecule has 0 spiro atoms. The van der Waals surface area contributed by atoms with Crippen LogP contribution in [0.1, 0.15) is 26.3 Å². The first-order valence-electron chi connectivity index (χ1n) is 7.10. The number of ether oxygens (including phenoxy) is 1. The van der Waals surface area contributed by atoms with Gasteiger partial charge in [0.15, 0.2) is 0 Å². The summed E-state index contributed by atoms with van der Waals surface area (Å²) in [6.45, 7) is 7.79. The highest BCUT2D eigenvalue weighted by Crippen LogP contribution is 2.26. The lowest BCUT2D eigenvalue weighted by atomic mass is 10.0. The van der Waals surface area contributed by atoms with Crippen LogP contribution in [0.25, 0.3) is 11.1 Å². The van der Waals surface area contributed by atoms with Crippen LogP contribution >= 0.6 is 0 Å². The normalized spacial score (nSPS) is 10.8. The topological polar surface area (TPSA) is 34.1 Å². The van der Waals surface area contributed by atoms with Crippen LogP contribution in [0.2, 0.25) is 0 Å². The van der Waals surface area contributed by atoms with Gasteiger partial charge in [0, 0.05) is 24.3 Å². The van der Waals surface area contributed by atoms with Crippen LogP contribution in [0.5, 0.6) is 5.75 Å². The first kappa shape index (κ1) is 14.5. The number of nitrogens with one attached hydrogen (secondary N) is 1. The van der Waals surface area contributed by atoms with Crippen LogP contribution in [0, 0.1) is 0 Å². The average Bonchev–Trinajstić information content (AvgIpc) is 2.46. The second-order valence-electron chi connectivity index (χ2n) is 5.04. The van der Waals surface area contributed by atoms with Crippen molar-refractivity contribution in [2.24, 2.45) is 0 Å². The Labute approximate surface area is 121 Å². The highest BCUT2D eigenvalue weighted by atomic mass is 16.5. The number of hydrogen-bond acceptors (Lipinski definition) is 3. The van der Waals surface area contributed by atoms with Gasteiger partial charge >= 0.3 is 0 Å². The Hall–Kier alpha value is -1.87. The predicted molar refractivity (Wildman–Crippen MR) is 82.8 cm³/mol. The number of nitrogens with zero attached hydrogens (tertiary/aromatic N) is 1. The molecule has 0 atom stereocenters. The molecule has 1 aromatic carbocycles. The smallest absolute Gasteiger partial charge is 0.138 e. The van der Waals surface area contributed by atoms with Crippen molar-refractivity contribution >= 4 is 0 Å². The minimum atomic E-state index is 0.468. The number of hydrogen-bond donors (Lipinski definition) is 1. The largest absolute Gasteiger partial charge is 0.492 e. The van der Waals surface area contributed by atoms with Crippen molar-refractivity contribution in [3.05, 3.63) is 48.3 Å². The summed E-state index contributed by atoms with van der Waals surface area (Å²) in [6.07, 6.45) is 3.64. The molecule has 0 aliphatic carbocycles. The Morgan fingerprint density at radius 3 is 2.75 bits per heavy atom. The van der Waals surface area contributed by atoms with Gasteiger partial charge in [-0.25, -0.2) is 0 Å². The Morgan fingerprint density at radius 2 is 2.00 bits per heavy atom. The quantitative estimate of drug-likeness (QED) is 0.870. The SMILES string of the molecule is CCOc1cncc(-c2ccccc2CNC(C)C)c1. The van der Waals surface area contributed by atoms with Crippen LogP contribution in [0.3, 0.4) is 0 Å². The molecule has 0 bridgehead atoms. The van der Waals surface area contributed by atoms with E-state index in [2.05, 4.69) is 48.4 Å². The Kier molecular flexibility index (Phi) is 5.13. The fourth-order valence-electron chi connectivity index (χ4n) is 2.08. The third-order valence-electron chi connectivity index (χ3n) is 3.05. The molecule has 0 amide bonds. The van der Waals surface area contributed by atoms with Gasteiger partial charge in [0.1, 0.15) is 5.75 Å². The van der Waals surface area contributed by atoms with E-state index in [0.29, 0.717) is 12.6 Å². The molecule has 1 heterocycles. The molecule has 0 aliphatic rings. The number of aromatic nitrogens is 1. The van der Waals surface area contributed by atoms with Crippen LogP contribution in [0.4, 0.5) is 0 Å². The summed E-state index contributed by atoms with van der Waals surface area (Å²) >= 11 is 0. The van der Waals surface area contributed by atoms with E-state index in [1.807, 2.05) is 19.2 Å². The van der Waals surface area contributed by atoms with Gasteiger partial charge in [0.2, 0.25) is 0 Å². The van der Waals surface area contributed by atoms with Crippen molar-refractivity contribution < 1.29 is 4.74 Å². The summed E-state index contributed by atoms with van der Waals surface area (Å²) in [6, 6.07) is 10.9. The standard InChI is InChI=1S/C17H22N2O/c1-4-20-16-9-15(10-18-12-16)17-8-6-5-7-14(17)11-19-13(2)3/h5-10,12-13,19H,4,11H2,1-3H3. The second-order valence-corrected chi connectivity index (χ2v) is 5.04. The third-order valence-corrected chi connectivity index (χ3v) is 3.05. The Bertz CT molecular complexity index is 552. The van der Waals surface area contributed by atoms with Gasteiger partial charge in [0.05, 0.1) is 12.8 Å². The van der Waals surface area contributed by atoms with E-state index in [0.717, 1.165) is 17.9 Å². The molecule has 3 nitrogen and oxygen atoms in total. The Morgan fingerprint density at radius 1 is 1.20 bits per heavy atom. The summed E-state index contributed by atoms with van der Waals surface area (Å²) < 4.78 is 5.53. The first-order valence-corrected chi connectivity index (χ1v) is 7.10. The summed E-state index contributed by atoms with van der Waals surface area (Å²) in [5.41, 5.74) is 3.57. The maximum absolute atomic E-state index is 5.53. The van der Waals surface area contributed by atoms with Crippen LogP contribution in [-0.2, 0) is 6.54 Å². The third kappa shape index (κ3) is 3.81. The summed E-state index contributed by atoms with van der Waals surface area (Å²) in [5.74, 6) is 0.816. The number of benzene rings is 1. The zero-order chi connectivity index (χ0) is 14.4. The highest BCUT2D eigenvalue weighted by Gasteiger charge is 2.06. The van der Waals surface area contributed by atoms with Crippen LogP contribution in [0.15, 0.2) is 42.7 Å². The molecule has 0 fully saturated rings. The van der Waals surface area contributed by atoms with Crippen LogP contribution in [-0.4, -0.2) is 17.6 Å². The molecule has 3 heteroatoms. The van der Waals surface area contributed by atoms with Crippen LogP contribution < -0.4 is 10.1 Å². The lowest BCUT2D eigenvalue weighted by molar-refractivity contribution is 0.339.